The Bertz CT molecular complexity index is 567. The Balaban J connectivity index is 2.16. The third kappa shape index (κ3) is 1.79. The number of nitrogens with one attached hydrogen (secondary N) is 1. The van der Waals surface area contributed by atoms with E-state index in [2.05, 4.69) is 40.0 Å². The van der Waals surface area contributed by atoms with Crippen LogP contribution in [0.1, 0.15) is 37.1 Å². The van der Waals surface area contributed by atoms with Gasteiger partial charge in [-0.25, -0.2) is 4.98 Å². The van der Waals surface area contributed by atoms with E-state index in [0.29, 0.717) is 0 Å². The lowest BCUT2D eigenvalue weighted by atomic mass is 9.99. The number of fused-ring (bicyclic) bond motifs is 1. The summed E-state index contributed by atoms with van der Waals surface area (Å²) >= 11 is 3.51. The SMILES string of the molecule is Cc1cc(Br)cc2[nH]c(C3(N)CCCC3)nc12. The molecule has 0 saturated heterocycles. The molecule has 1 fully saturated rings. The Labute approximate surface area is 109 Å². The maximum atomic E-state index is 6.43. The maximum absolute atomic E-state index is 6.43. The van der Waals surface area contributed by atoms with Crippen LogP contribution in [0.2, 0.25) is 0 Å². The van der Waals surface area contributed by atoms with Crippen molar-refractivity contribution in [2.75, 3.05) is 0 Å². The predicted octanol–water partition coefficient (Wildman–Crippen LogP) is 3.36. The van der Waals surface area contributed by atoms with E-state index in [9.17, 15) is 0 Å². The van der Waals surface area contributed by atoms with Crippen LogP contribution in [-0.4, -0.2) is 9.97 Å². The third-order valence-corrected chi connectivity index (χ3v) is 4.17. The summed E-state index contributed by atoms with van der Waals surface area (Å²) in [6, 6.07) is 4.15. The first kappa shape index (κ1) is 11.2. The summed E-state index contributed by atoms with van der Waals surface area (Å²) in [7, 11) is 0. The van der Waals surface area contributed by atoms with E-state index in [1.807, 2.05) is 0 Å². The summed E-state index contributed by atoms with van der Waals surface area (Å²) in [4.78, 5) is 8.10. The van der Waals surface area contributed by atoms with Crippen molar-refractivity contribution in [3.8, 4) is 0 Å². The van der Waals surface area contributed by atoms with Gasteiger partial charge in [0, 0.05) is 4.47 Å². The Hall–Kier alpha value is -0.870. The second-order valence-corrected chi connectivity index (χ2v) is 5.98. The topological polar surface area (TPSA) is 54.7 Å². The lowest BCUT2D eigenvalue weighted by Crippen LogP contribution is -2.34. The second-order valence-electron chi connectivity index (χ2n) is 5.07. The third-order valence-electron chi connectivity index (χ3n) is 3.71. The Morgan fingerprint density at radius 2 is 2.06 bits per heavy atom. The molecule has 0 atom stereocenters. The highest BCUT2D eigenvalue weighted by molar-refractivity contribution is 9.10. The van der Waals surface area contributed by atoms with Crippen molar-refractivity contribution < 1.29 is 0 Å². The summed E-state index contributed by atoms with van der Waals surface area (Å²) in [6.07, 6.45) is 4.48. The maximum Gasteiger partial charge on any atom is 0.127 e. The quantitative estimate of drug-likeness (QED) is 0.847. The first-order valence-corrected chi connectivity index (χ1v) is 6.83. The number of nitrogens with two attached hydrogens (primary N) is 1. The van der Waals surface area contributed by atoms with Gasteiger partial charge in [-0.1, -0.05) is 28.8 Å². The zero-order valence-corrected chi connectivity index (χ0v) is 11.5. The van der Waals surface area contributed by atoms with Crippen LogP contribution in [0.4, 0.5) is 0 Å². The molecular weight excluding hydrogens is 278 g/mol. The van der Waals surface area contributed by atoms with Crippen molar-refractivity contribution in [1.29, 1.82) is 0 Å². The fourth-order valence-electron chi connectivity index (χ4n) is 2.73. The highest BCUT2D eigenvalue weighted by atomic mass is 79.9. The van der Waals surface area contributed by atoms with Gasteiger partial charge in [0.1, 0.15) is 5.82 Å². The summed E-state index contributed by atoms with van der Waals surface area (Å²) in [5.41, 5.74) is 9.48. The zero-order valence-electron chi connectivity index (χ0n) is 9.89. The minimum absolute atomic E-state index is 0.238. The van der Waals surface area contributed by atoms with Crippen LogP contribution in [0, 0.1) is 6.92 Å². The molecule has 0 radical (unpaired) electrons. The Morgan fingerprint density at radius 1 is 1.35 bits per heavy atom. The Morgan fingerprint density at radius 3 is 2.76 bits per heavy atom. The van der Waals surface area contributed by atoms with Gasteiger partial charge in [-0.05, 0) is 37.5 Å². The minimum Gasteiger partial charge on any atom is -0.340 e. The van der Waals surface area contributed by atoms with Gasteiger partial charge in [-0.3, -0.25) is 0 Å². The largest absolute Gasteiger partial charge is 0.340 e. The fourth-order valence-corrected chi connectivity index (χ4v) is 3.30. The molecule has 1 heterocycles. The molecule has 1 aliphatic rings. The van der Waals surface area contributed by atoms with Crippen LogP contribution in [0.3, 0.4) is 0 Å². The number of hydrogen-bond donors (Lipinski definition) is 2. The molecule has 3 nitrogen and oxygen atoms in total. The molecule has 4 heteroatoms. The highest BCUT2D eigenvalue weighted by Crippen LogP contribution is 2.36. The van der Waals surface area contributed by atoms with Gasteiger partial charge in [0.25, 0.3) is 0 Å². The lowest BCUT2D eigenvalue weighted by molar-refractivity contribution is 0.437. The van der Waals surface area contributed by atoms with Gasteiger partial charge >= 0.3 is 0 Å². The Kier molecular flexibility index (Phi) is 2.52. The number of nitrogens with zero attached hydrogens (tertiary/aromatic N) is 1. The summed E-state index contributed by atoms with van der Waals surface area (Å²) < 4.78 is 1.08. The number of hydrogen-bond acceptors (Lipinski definition) is 2. The van der Waals surface area contributed by atoms with Crippen molar-refractivity contribution >= 4 is 27.0 Å². The molecule has 3 N–H and O–H groups in total. The summed E-state index contributed by atoms with van der Waals surface area (Å²) in [5.74, 6) is 0.950. The number of rotatable bonds is 1. The van der Waals surface area contributed by atoms with Crippen molar-refractivity contribution in [2.45, 2.75) is 38.1 Å². The smallest absolute Gasteiger partial charge is 0.127 e. The van der Waals surface area contributed by atoms with Crippen molar-refractivity contribution in [2.24, 2.45) is 5.73 Å². The van der Waals surface area contributed by atoms with Crippen LogP contribution in [0.25, 0.3) is 11.0 Å². The lowest BCUT2D eigenvalue weighted by Gasteiger charge is -2.20. The molecule has 0 aliphatic heterocycles. The van der Waals surface area contributed by atoms with E-state index in [-0.39, 0.29) is 5.54 Å². The van der Waals surface area contributed by atoms with Gasteiger partial charge in [0.15, 0.2) is 0 Å². The molecule has 90 valence electrons. The van der Waals surface area contributed by atoms with Crippen LogP contribution < -0.4 is 5.73 Å². The molecule has 17 heavy (non-hydrogen) atoms. The van der Waals surface area contributed by atoms with E-state index in [4.69, 9.17) is 10.7 Å². The first-order valence-electron chi connectivity index (χ1n) is 6.04. The number of imidazole rings is 1. The van der Waals surface area contributed by atoms with E-state index in [1.54, 1.807) is 0 Å². The summed E-state index contributed by atoms with van der Waals surface area (Å²) in [6.45, 7) is 2.08. The van der Waals surface area contributed by atoms with Gasteiger partial charge in [-0.15, -0.1) is 0 Å². The number of benzene rings is 1. The molecule has 0 spiro atoms. The van der Waals surface area contributed by atoms with Crippen LogP contribution in [0.15, 0.2) is 16.6 Å². The molecule has 2 aromatic rings. The summed E-state index contributed by atoms with van der Waals surface area (Å²) in [5, 5.41) is 0. The molecule has 1 aromatic heterocycles. The standard InChI is InChI=1S/C13H16BrN3/c1-8-6-9(14)7-10-11(8)17-12(16-10)13(15)4-2-3-5-13/h6-7H,2-5,15H2,1H3,(H,16,17). The van der Waals surface area contributed by atoms with Crippen molar-refractivity contribution in [3.05, 3.63) is 28.0 Å². The van der Waals surface area contributed by atoms with Gasteiger partial charge in [0.05, 0.1) is 16.6 Å². The predicted molar refractivity (Wildman–Crippen MR) is 72.9 cm³/mol. The molecule has 1 aromatic carbocycles. The van der Waals surface area contributed by atoms with E-state index in [0.717, 1.165) is 34.2 Å². The van der Waals surface area contributed by atoms with Crippen molar-refractivity contribution in [1.82, 2.24) is 9.97 Å². The number of H-pyrrole nitrogens is 1. The molecule has 1 aliphatic carbocycles. The number of aryl methyl sites for hydroxylation is 1. The van der Waals surface area contributed by atoms with Crippen molar-refractivity contribution in [3.63, 3.8) is 0 Å². The average Bonchev–Trinajstić information content (AvgIpc) is 2.84. The van der Waals surface area contributed by atoms with E-state index in [1.165, 1.54) is 18.4 Å². The molecule has 0 amide bonds. The van der Waals surface area contributed by atoms with E-state index >= 15 is 0 Å². The number of halogens is 1. The minimum atomic E-state index is -0.238. The average molecular weight is 294 g/mol. The monoisotopic (exact) mass is 293 g/mol. The first-order chi connectivity index (χ1) is 8.08. The molecule has 1 saturated carbocycles. The molecule has 0 bridgehead atoms. The van der Waals surface area contributed by atoms with Gasteiger partial charge < -0.3 is 10.7 Å². The van der Waals surface area contributed by atoms with Gasteiger partial charge in [-0.2, -0.15) is 0 Å². The number of aromatic nitrogens is 2. The van der Waals surface area contributed by atoms with Crippen LogP contribution in [0.5, 0.6) is 0 Å². The van der Waals surface area contributed by atoms with Crippen LogP contribution >= 0.6 is 15.9 Å². The molecule has 3 rings (SSSR count). The fraction of sp³-hybridized carbons (Fsp3) is 0.462. The molecular formula is C13H16BrN3. The second kappa shape index (κ2) is 3.82. The van der Waals surface area contributed by atoms with Gasteiger partial charge in [0.2, 0.25) is 0 Å². The number of aromatic amines is 1. The zero-order chi connectivity index (χ0) is 12.0. The van der Waals surface area contributed by atoms with E-state index < -0.39 is 0 Å². The van der Waals surface area contributed by atoms with Crippen LogP contribution in [-0.2, 0) is 5.54 Å². The normalized spacial score (nSPS) is 19.0. The molecule has 0 unspecified atom stereocenters. The highest BCUT2D eigenvalue weighted by Gasteiger charge is 2.34.